The van der Waals surface area contributed by atoms with Gasteiger partial charge in [0.1, 0.15) is 11.9 Å². The van der Waals surface area contributed by atoms with Crippen LogP contribution in [0.2, 0.25) is 5.02 Å². The normalized spacial score (nSPS) is 16.0. The molecule has 0 aromatic heterocycles. The quantitative estimate of drug-likeness (QED) is 0.829. The van der Waals surface area contributed by atoms with E-state index in [1.807, 2.05) is 4.72 Å². The molecule has 0 aliphatic rings. The summed E-state index contributed by atoms with van der Waals surface area (Å²) in [6.07, 6.45) is -4.68. The number of halogens is 5. The highest BCUT2D eigenvalue weighted by Crippen LogP contribution is 2.35. The highest BCUT2D eigenvalue weighted by Gasteiger charge is 2.43. The van der Waals surface area contributed by atoms with E-state index in [1.54, 1.807) is 20.8 Å². The summed E-state index contributed by atoms with van der Waals surface area (Å²) in [6.45, 7) is 4.63. The molecule has 1 aromatic carbocycles. The minimum absolute atomic E-state index is 0.290. The van der Waals surface area contributed by atoms with Gasteiger partial charge in [-0.2, -0.15) is 13.2 Å². The molecule has 0 bridgehead atoms. The zero-order chi connectivity index (χ0) is 15.7. The summed E-state index contributed by atoms with van der Waals surface area (Å²) in [7, 11) is -1.93. The van der Waals surface area contributed by atoms with Gasteiger partial charge >= 0.3 is 6.18 Å². The Morgan fingerprint density at radius 2 is 1.80 bits per heavy atom. The first kappa shape index (κ1) is 17.4. The van der Waals surface area contributed by atoms with Crippen molar-refractivity contribution < 1.29 is 21.8 Å². The van der Waals surface area contributed by atoms with Gasteiger partial charge in [0.15, 0.2) is 0 Å². The molecule has 0 amide bonds. The van der Waals surface area contributed by atoms with E-state index in [0.717, 1.165) is 18.2 Å². The van der Waals surface area contributed by atoms with Crippen molar-refractivity contribution in [3.8, 4) is 0 Å². The van der Waals surface area contributed by atoms with E-state index in [-0.39, 0.29) is 5.56 Å². The monoisotopic (exact) mass is 331 g/mol. The molecular weight excluding hydrogens is 318 g/mol. The molecule has 1 aromatic rings. The van der Waals surface area contributed by atoms with Gasteiger partial charge in [-0.25, -0.2) is 13.3 Å². The van der Waals surface area contributed by atoms with Gasteiger partial charge in [-0.05, 0) is 38.5 Å². The van der Waals surface area contributed by atoms with Gasteiger partial charge < -0.3 is 0 Å². The molecule has 0 fully saturated rings. The predicted molar refractivity (Wildman–Crippen MR) is 71.2 cm³/mol. The first-order chi connectivity index (χ1) is 8.93. The largest absolute Gasteiger partial charge is 0.408 e. The Hall–Kier alpha value is -0.660. The minimum Gasteiger partial charge on any atom is -0.242 e. The summed E-state index contributed by atoms with van der Waals surface area (Å²) in [5, 5.41) is -0.417. The van der Waals surface area contributed by atoms with Gasteiger partial charge in [0.2, 0.25) is 0 Å². The summed E-state index contributed by atoms with van der Waals surface area (Å²) in [5.41, 5.74) is -0.290. The van der Waals surface area contributed by atoms with Gasteiger partial charge in [-0.15, -0.1) is 0 Å². The Bertz CT molecular complexity index is 513. The maximum Gasteiger partial charge on any atom is 0.408 e. The number of rotatable bonds is 3. The van der Waals surface area contributed by atoms with Crippen LogP contribution in [0.4, 0.5) is 17.6 Å². The van der Waals surface area contributed by atoms with Gasteiger partial charge in [-0.3, -0.25) is 0 Å². The molecule has 2 atom stereocenters. The van der Waals surface area contributed by atoms with Crippen molar-refractivity contribution in [1.29, 1.82) is 0 Å². The third kappa shape index (κ3) is 4.43. The van der Waals surface area contributed by atoms with E-state index in [2.05, 4.69) is 0 Å². The summed E-state index contributed by atoms with van der Waals surface area (Å²) >= 11 is 5.49. The number of hydrogen-bond acceptors (Lipinski definition) is 1. The number of hydrogen-bond donors (Lipinski definition) is 1. The standard InChI is InChI=1S/C12H14ClF4NOS/c1-11(2,3)20(19)18-10(12(15,16)17)7-4-5-9(14)8(13)6-7/h4-6,10,18H,1-3H3/t10-,20+/m0/s1. The molecule has 0 saturated carbocycles. The fraction of sp³-hybridized carbons (Fsp3) is 0.500. The van der Waals surface area contributed by atoms with E-state index < -0.39 is 38.8 Å². The van der Waals surface area contributed by atoms with Crippen molar-refractivity contribution in [3.63, 3.8) is 0 Å². The maximum atomic E-state index is 13.1. The van der Waals surface area contributed by atoms with Crippen molar-refractivity contribution in [3.05, 3.63) is 34.6 Å². The number of nitrogens with one attached hydrogen (secondary N) is 1. The molecule has 0 heterocycles. The molecule has 0 spiro atoms. The highest BCUT2D eigenvalue weighted by atomic mass is 35.5. The summed E-state index contributed by atoms with van der Waals surface area (Å²) in [5.74, 6) is -0.812. The maximum absolute atomic E-state index is 13.1. The topological polar surface area (TPSA) is 29.1 Å². The van der Waals surface area contributed by atoms with Crippen LogP contribution in [-0.2, 0) is 11.0 Å². The zero-order valence-electron chi connectivity index (χ0n) is 11.0. The lowest BCUT2D eigenvalue weighted by molar-refractivity contribution is -0.152. The molecular formula is C12H14ClF4NOS. The van der Waals surface area contributed by atoms with Crippen LogP contribution in [0.3, 0.4) is 0 Å². The smallest absolute Gasteiger partial charge is 0.242 e. The SMILES string of the molecule is CC(C)(C)[S@@](=O)N[C@@H](c1ccc(F)c(Cl)c1)C(F)(F)F. The first-order valence-electron chi connectivity index (χ1n) is 5.62. The number of benzene rings is 1. The zero-order valence-corrected chi connectivity index (χ0v) is 12.6. The Balaban J connectivity index is 3.14. The predicted octanol–water partition coefficient (Wildman–Crippen LogP) is 4.13. The van der Waals surface area contributed by atoms with E-state index in [1.165, 1.54) is 0 Å². The molecule has 2 nitrogen and oxygen atoms in total. The van der Waals surface area contributed by atoms with Crippen LogP contribution >= 0.6 is 11.6 Å². The van der Waals surface area contributed by atoms with Crippen LogP contribution in [0.15, 0.2) is 18.2 Å². The average molecular weight is 332 g/mol. The second-order valence-corrected chi connectivity index (χ2v) is 7.55. The summed E-state index contributed by atoms with van der Waals surface area (Å²) in [4.78, 5) is 0. The minimum atomic E-state index is -4.68. The van der Waals surface area contributed by atoms with E-state index in [0.29, 0.717) is 0 Å². The molecule has 0 aliphatic heterocycles. The molecule has 1 rings (SSSR count). The van der Waals surface area contributed by atoms with Gasteiger partial charge in [-0.1, -0.05) is 17.7 Å². The van der Waals surface area contributed by atoms with Crippen LogP contribution in [-0.4, -0.2) is 15.1 Å². The van der Waals surface area contributed by atoms with E-state index in [4.69, 9.17) is 11.6 Å². The first-order valence-corrected chi connectivity index (χ1v) is 7.15. The van der Waals surface area contributed by atoms with Gasteiger partial charge in [0.25, 0.3) is 0 Å². The molecule has 0 saturated heterocycles. The van der Waals surface area contributed by atoms with Crippen LogP contribution in [0.25, 0.3) is 0 Å². The van der Waals surface area contributed by atoms with Crippen LogP contribution < -0.4 is 4.72 Å². The second-order valence-electron chi connectivity index (χ2n) is 5.15. The van der Waals surface area contributed by atoms with E-state index >= 15 is 0 Å². The Morgan fingerprint density at radius 3 is 2.20 bits per heavy atom. The van der Waals surface area contributed by atoms with Crippen LogP contribution in [0, 0.1) is 5.82 Å². The van der Waals surface area contributed by atoms with Crippen molar-refractivity contribution in [2.24, 2.45) is 0 Å². The molecule has 0 aliphatic carbocycles. The number of alkyl halides is 3. The lowest BCUT2D eigenvalue weighted by Gasteiger charge is -2.26. The Kier molecular flexibility index (Phi) is 5.21. The average Bonchev–Trinajstić information content (AvgIpc) is 2.26. The van der Waals surface area contributed by atoms with Crippen molar-refractivity contribution in [2.45, 2.75) is 37.7 Å². The Morgan fingerprint density at radius 1 is 1.25 bits per heavy atom. The van der Waals surface area contributed by atoms with Crippen molar-refractivity contribution >= 4 is 22.6 Å². The molecule has 8 heteroatoms. The lowest BCUT2D eigenvalue weighted by atomic mass is 10.1. The highest BCUT2D eigenvalue weighted by molar-refractivity contribution is 7.84. The van der Waals surface area contributed by atoms with Crippen molar-refractivity contribution in [1.82, 2.24) is 4.72 Å². The van der Waals surface area contributed by atoms with Crippen LogP contribution in [0.5, 0.6) is 0 Å². The summed E-state index contributed by atoms with van der Waals surface area (Å²) in [6, 6.07) is 0.507. The molecule has 1 N–H and O–H groups in total. The van der Waals surface area contributed by atoms with E-state index in [9.17, 15) is 21.8 Å². The molecule has 114 valence electrons. The van der Waals surface area contributed by atoms with Gasteiger partial charge in [0, 0.05) is 0 Å². The third-order valence-electron chi connectivity index (χ3n) is 2.39. The molecule has 0 unspecified atom stereocenters. The van der Waals surface area contributed by atoms with Crippen molar-refractivity contribution in [2.75, 3.05) is 0 Å². The molecule has 0 radical (unpaired) electrons. The van der Waals surface area contributed by atoms with Gasteiger partial charge in [0.05, 0.1) is 20.8 Å². The molecule has 20 heavy (non-hydrogen) atoms. The third-order valence-corrected chi connectivity index (χ3v) is 4.24. The second kappa shape index (κ2) is 5.99. The Labute approximate surface area is 122 Å². The summed E-state index contributed by atoms with van der Waals surface area (Å²) < 4.78 is 65.2. The fourth-order valence-corrected chi connectivity index (χ4v) is 2.33. The fourth-order valence-electron chi connectivity index (χ4n) is 1.30. The van der Waals surface area contributed by atoms with Crippen LogP contribution in [0.1, 0.15) is 32.4 Å². The lowest BCUT2D eigenvalue weighted by Crippen LogP contribution is -2.41.